The molecule has 2 aromatic carbocycles. The smallest absolute Gasteiger partial charge is 0.307 e. The van der Waals surface area contributed by atoms with Crippen LogP contribution in [0.15, 0.2) is 24.3 Å². The van der Waals surface area contributed by atoms with Gasteiger partial charge >= 0.3 is 5.97 Å². The van der Waals surface area contributed by atoms with Gasteiger partial charge in [-0.3, -0.25) is 4.79 Å². The third kappa shape index (κ3) is 3.30. The summed E-state index contributed by atoms with van der Waals surface area (Å²) in [4.78, 5) is 12.4. The van der Waals surface area contributed by atoms with Crippen LogP contribution >= 0.6 is 0 Å². The van der Waals surface area contributed by atoms with Crippen LogP contribution in [0.2, 0.25) is 0 Å². The minimum absolute atomic E-state index is 0.0367. The summed E-state index contributed by atoms with van der Waals surface area (Å²) in [5, 5.41) is 31.0. The molecule has 0 amide bonds. The molecule has 0 unspecified atom stereocenters. The van der Waals surface area contributed by atoms with Gasteiger partial charge in [0.05, 0.1) is 33.4 Å². The summed E-state index contributed by atoms with van der Waals surface area (Å²) in [5.41, 5.74) is 1.63. The van der Waals surface area contributed by atoms with Gasteiger partial charge in [-0.15, -0.1) is 0 Å². The summed E-state index contributed by atoms with van der Waals surface area (Å²) >= 11 is 0. The first-order valence-electron chi connectivity index (χ1n) is 9.70. The van der Waals surface area contributed by atoms with Gasteiger partial charge in [0.15, 0.2) is 23.0 Å². The van der Waals surface area contributed by atoms with Gasteiger partial charge in [-0.1, -0.05) is 0 Å². The standard InChI is InChI=1S/C22H24O9/c1-27-16-4-10(5-17(28-2)21(16)29-3)18-11-6-14-15(31-9-30-14)7-12(11)20(24)13(8-23)19(18)22(25)26/h4-7,13,18-20,23-24H,8-9H2,1-3H3,(H,25,26)/t13-,18+,19-,20+/m1/s1. The molecular formula is C22H24O9. The number of benzene rings is 2. The average molecular weight is 432 g/mol. The highest BCUT2D eigenvalue weighted by molar-refractivity contribution is 5.75. The first-order valence-corrected chi connectivity index (χ1v) is 9.70. The zero-order valence-corrected chi connectivity index (χ0v) is 17.3. The van der Waals surface area contributed by atoms with E-state index in [1.807, 2.05) is 0 Å². The van der Waals surface area contributed by atoms with Crippen molar-refractivity contribution in [2.45, 2.75) is 12.0 Å². The van der Waals surface area contributed by atoms with Crippen LogP contribution in [0.3, 0.4) is 0 Å². The predicted molar refractivity (Wildman–Crippen MR) is 107 cm³/mol. The molecule has 0 saturated carbocycles. The summed E-state index contributed by atoms with van der Waals surface area (Å²) in [7, 11) is 4.43. The lowest BCUT2D eigenvalue weighted by atomic mass is 9.65. The Kier molecular flexibility index (Phi) is 5.55. The molecule has 0 fully saturated rings. The molecule has 2 aromatic rings. The number of hydrogen-bond donors (Lipinski definition) is 3. The van der Waals surface area contributed by atoms with Crippen LogP contribution in [0.4, 0.5) is 0 Å². The topological polar surface area (TPSA) is 124 Å². The molecule has 3 N–H and O–H groups in total. The molecule has 4 rings (SSSR count). The summed E-state index contributed by atoms with van der Waals surface area (Å²) in [6.45, 7) is -0.470. The second kappa shape index (κ2) is 8.16. The lowest BCUT2D eigenvalue weighted by Crippen LogP contribution is -2.40. The molecule has 1 heterocycles. The van der Waals surface area contributed by atoms with E-state index in [9.17, 15) is 20.1 Å². The quantitative estimate of drug-likeness (QED) is 0.628. The van der Waals surface area contributed by atoms with E-state index in [1.165, 1.54) is 21.3 Å². The lowest BCUT2D eigenvalue weighted by molar-refractivity contribution is -0.148. The van der Waals surface area contributed by atoms with Gasteiger partial charge in [0.2, 0.25) is 12.5 Å². The number of ether oxygens (including phenoxy) is 5. The maximum atomic E-state index is 12.4. The van der Waals surface area contributed by atoms with Crippen LogP contribution in [0.25, 0.3) is 0 Å². The van der Waals surface area contributed by atoms with E-state index < -0.39 is 36.4 Å². The van der Waals surface area contributed by atoms with Crippen molar-refractivity contribution in [3.63, 3.8) is 0 Å². The number of hydrogen-bond acceptors (Lipinski definition) is 8. The highest BCUT2D eigenvalue weighted by Crippen LogP contribution is 2.53. The molecule has 0 saturated heterocycles. The number of methoxy groups -OCH3 is 3. The molecule has 1 aliphatic carbocycles. The largest absolute Gasteiger partial charge is 0.493 e. The van der Waals surface area contributed by atoms with Crippen LogP contribution in [0.1, 0.15) is 28.7 Å². The number of aliphatic carboxylic acids is 1. The Labute approximate surface area is 178 Å². The van der Waals surface area contributed by atoms with Gasteiger partial charge in [0, 0.05) is 18.4 Å². The summed E-state index contributed by atoms with van der Waals surface area (Å²) < 4.78 is 27.2. The van der Waals surface area contributed by atoms with E-state index >= 15 is 0 Å². The Morgan fingerprint density at radius 1 is 1.00 bits per heavy atom. The Balaban J connectivity index is 1.99. The molecular weight excluding hydrogens is 408 g/mol. The van der Waals surface area contributed by atoms with E-state index in [-0.39, 0.29) is 6.79 Å². The first-order chi connectivity index (χ1) is 14.9. The van der Waals surface area contributed by atoms with Gasteiger partial charge in [-0.25, -0.2) is 0 Å². The second-order valence-corrected chi connectivity index (χ2v) is 7.43. The normalized spacial score (nSPS) is 23.8. The predicted octanol–water partition coefficient (Wildman–Crippen LogP) is 1.93. The highest BCUT2D eigenvalue weighted by atomic mass is 16.7. The molecule has 0 radical (unpaired) electrons. The van der Waals surface area contributed by atoms with Crippen LogP contribution in [0.5, 0.6) is 28.7 Å². The van der Waals surface area contributed by atoms with Crippen LogP contribution in [-0.4, -0.2) is 56.0 Å². The number of aliphatic hydroxyl groups is 2. The third-order valence-corrected chi connectivity index (χ3v) is 6.00. The second-order valence-electron chi connectivity index (χ2n) is 7.43. The van der Waals surface area contributed by atoms with Gasteiger partial charge in [0.25, 0.3) is 0 Å². The molecule has 1 aliphatic heterocycles. The van der Waals surface area contributed by atoms with Crippen LogP contribution < -0.4 is 23.7 Å². The van der Waals surface area contributed by atoms with Crippen molar-refractivity contribution in [3.05, 3.63) is 41.0 Å². The Hall–Kier alpha value is -3.17. The van der Waals surface area contributed by atoms with Crippen molar-refractivity contribution in [2.75, 3.05) is 34.7 Å². The van der Waals surface area contributed by atoms with Gasteiger partial charge in [-0.2, -0.15) is 0 Å². The SMILES string of the molecule is COc1cc([C@H]2c3cc4c(cc3[C@H](O)[C@H](CO)[C@H]2C(=O)O)OCO4)cc(OC)c1OC. The minimum Gasteiger partial charge on any atom is -0.493 e. The van der Waals surface area contributed by atoms with Crippen molar-refractivity contribution in [1.82, 2.24) is 0 Å². The molecule has 166 valence electrons. The Bertz CT molecular complexity index is 978. The van der Waals surface area contributed by atoms with Gasteiger partial charge in [-0.05, 0) is 41.0 Å². The molecule has 2 aliphatic rings. The third-order valence-electron chi connectivity index (χ3n) is 6.00. The Morgan fingerprint density at radius 3 is 2.06 bits per heavy atom. The van der Waals surface area contributed by atoms with Crippen molar-refractivity contribution < 1.29 is 43.8 Å². The van der Waals surface area contributed by atoms with Crippen molar-refractivity contribution in [1.29, 1.82) is 0 Å². The molecule has 0 spiro atoms. The van der Waals surface area contributed by atoms with Crippen LogP contribution in [-0.2, 0) is 4.79 Å². The Morgan fingerprint density at radius 2 is 1.58 bits per heavy atom. The van der Waals surface area contributed by atoms with Gasteiger partial charge in [0.1, 0.15) is 0 Å². The van der Waals surface area contributed by atoms with E-state index in [2.05, 4.69) is 0 Å². The number of fused-ring (bicyclic) bond motifs is 2. The molecule has 4 atom stereocenters. The molecule has 9 nitrogen and oxygen atoms in total. The summed E-state index contributed by atoms with van der Waals surface area (Å²) in [6, 6.07) is 6.71. The van der Waals surface area contributed by atoms with Crippen molar-refractivity contribution in [2.24, 2.45) is 11.8 Å². The fourth-order valence-electron chi connectivity index (χ4n) is 4.57. The molecule has 0 aromatic heterocycles. The van der Waals surface area contributed by atoms with Crippen molar-refractivity contribution >= 4 is 5.97 Å². The molecule has 31 heavy (non-hydrogen) atoms. The molecule has 9 heteroatoms. The van der Waals surface area contributed by atoms with E-state index in [0.29, 0.717) is 45.4 Å². The fourth-order valence-corrected chi connectivity index (χ4v) is 4.57. The maximum Gasteiger partial charge on any atom is 0.307 e. The minimum atomic E-state index is -1.19. The van der Waals surface area contributed by atoms with Gasteiger partial charge < -0.3 is 39.0 Å². The number of aliphatic hydroxyl groups excluding tert-OH is 2. The zero-order valence-electron chi connectivity index (χ0n) is 17.3. The zero-order chi connectivity index (χ0) is 22.3. The van der Waals surface area contributed by atoms with Crippen molar-refractivity contribution in [3.8, 4) is 28.7 Å². The number of carbonyl (C=O) groups is 1. The van der Waals surface area contributed by atoms with E-state index in [4.69, 9.17) is 23.7 Å². The number of rotatable bonds is 6. The monoisotopic (exact) mass is 432 g/mol. The summed E-state index contributed by atoms with van der Waals surface area (Å²) in [5.74, 6) is -1.87. The fraction of sp³-hybridized carbons (Fsp3) is 0.409. The first kappa shape index (κ1) is 21.1. The number of carboxylic acids is 1. The summed E-state index contributed by atoms with van der Waals surface area (Å²) in [6.07, 6.45) is -1.19. The lowest BCUT2D eigenvalue weighted by Gasteiger charge is -2.40. The highest BCUT2D eigenvalue weighted by Gasteiger charge is 2.47. The van der Waals surface area contributed by atoms with E-state index in [0.717, 1.165) is 0 Å². The number of carboxylic acid groups (broad SMARTS) is 1. The maximum absolute atomic E-state index is 12.4. The average Bonchev–Trinajstić information content (AvgIpc) is 3.24. The molecule has 0 bridgehead atoms. The van der Waals surface area contributed by atoms with E-state index in [1.54, 1.807) is 24.3 Å². The van der Waals surface area contributed by atoms with Crippen LogP contribution in [0, 0.1) is 11.8 Å².